The minimum Gasteiger partial charge on any atom is -0.493 e. The Labute approximate surface area is 154 Å². The predicted molar refractivity (Wildman–Crippen MR) is 101 cm³/mol. The number of nitrogens with zero attached hydrogens (tertiary/aromatic N) is 3. The third-order valence-corrected chi connectivity index (χ3v) is 4.48. The molecule has 1 aromatic heterocycles. The van der Waals surface area contributed by atoms with E-state index in [0.717, 1.165) is 48.5 Å². The van der Waals surface area contributed by atoms with Gasteiger partial charge in [0.05, 0.1) is 20.8 Å². The topological polar surface area (TPSA) is 68.7 Å². The smallest absolute Gasteiger partial charge is 0.161 e. The quantitative estimate of drug-likeness (QED) is 0.762. The lowest BCUT2D eigenvalue weighted by molar-refractivity contribution is 0.210. The van der Waals surface area contributed by atoms with E-state index in [-0.39, 0.29) is 0 Å². The molecule has 0 unspecified atom stereocenters. The Kier molecular flexibility index (Phi) is 5.78. The molecule has 2 heterocycles. The molecule has 0 atom stereocenters. The molecule has 7 heteroatoms. The Hall–Kier alpha value is -2.54. The summed E-state index contributed by atoms with van der Waals surface area (Å²) < 4.78 is 15.9. The molecule has 0 amide bonds. The molecule has 0 saturated heterocycles. The number of hydrogen-bond acceptors (Lipinski definition) is 7. The van der Waals surface area contributed by atoms with Crippen LogP contribution in [-0.2, 0) is 17.7 Å². The molecule has 0 saturated carbocycles. The van der Waals surface area contributed by atoms with Crippen molar-refractivity contribution in [2.24, 2.45) is 0 Å². The first-order chi connectivity index (χ1) is 12.6. The van der Waals surface area contributed by atoms with Crippen LogP contribution in [0.1, 0.15) is 17.0 Å². The van der Waals surface area contributed by atoms with E-state index in [2.05, 4.69) is 32.3 Å². The van der Waals surface area contributed by atoms with Gasteiger partial charge >= 0.3 is 0 Å². The molecule has 26 heavy (non-hydrogen) atoms. The predicted octanol–water partition coefficient (Wildman–Crippen LogP) is 2.42. The number of ether oxygens (including phenoxy) is 3. The minimum absolute atomic E-state index is 0.636. The van der Waals surface area contributed by atoms with Gasteiger partial charge in [-0.3, -0.25) is 0 Å². The lowest BCUT2D eigenvalue weighted by Gasteiger charge is -2.30. The lowest BCUT2D eigenvalue weighted by atomic mass is 9.99. The number of rotatable bonds is 7. The van der Waals surface area contributed by atoms with Crippen molar-refractivity contribution in [2.75, 3.05) is 51.2 Å². The first kappa shape index (κ1) is 18.3. The molecular formula is C19H26N4O3. The molecule has 3 rings (SSSR count). The van der Waals surface area contributed by atoms with E-state index in [0.29, 0.717) is 13.2 Å². The van der Waals surface area contributed by atoms with Crippen LogP contribution in [0.15, 0.2) is 18.2 Å². The molecule has 0 fully saturated rings. The number of hydrogen-bond donors (Lipinski definition) is 1. The van der Waals surface area contributed by atoms with Gasteiger partial charge in [-0.15, -0.1) is 0 Å². The van der Waals surface area contributed by atoms with Crippen LogP contribution < -0.4 is 19.7 Å². The van der Waals surface area contributed by atoms with E-state index in [1.165, 1.54) is 11.1 Å². The van der Waals surface area contributed by atoms with E-state index in [1.807, 2.05) is 13.0 Å². The van der Waals surface area contributed by atoms with E-state index in [1.54, 1.807) is 21.3 Å². The standard InChI is InChI=1S/C19H26N4O3/c1-13-21-18(20-6-8-24-2)11-19(22-13)23-7-5-14-9-16(25-3)17(26-4)10-15(14)12-23/h9-11H,5-8,12H2,1-4H3,(H,20,21,22). The second-order valence-corrected chi connectivity index (χ2v) is 6.23. The highest BCUT2D eigenvalue weighted by Crippen LogP contribution is 2.34. The van der Waals surface area contributed by atoms with Gasteiger partial charge < -0.3 is 24.4 Å². The maximum atomic E-state index is 5.45. The molecule has 1 aliphatic heterocycles. The molecule has 1 aromatic carbocycles. The molecular weight excluding hydrogens is 332 g/mol. The fourth-order valence-corrected chi connectivity index (χ4v) is 3.16. The first-order valence-electron chi connectivity index (χ1n) is 8.71. The summed E-state index contributed by atoms with van der Waals surface area (Å²) in [5.41, 5.74) is 2.53. The maximum absolute atomic E-state index is 5.45. The van der Waals surface area contributed by atoms with Gasteiger partial charge in [0.25, 0.3) is 0 Å². The highest BCUT2D eigenvalue weighted by atomic mass is 16.5. The first-order valence-corrected chi connectivity index (χ1v) is 8.71. The van der Waals surface area contributed by atoms with Gasteiger partial charge in [0, 0.05) is 32.8 Å². The normalized spacial score (nSPS) is 13.3. The summed E-state index contributed by atoms with van der Waals surface area (Å²) in [6.07, 6.45) is 0.936. The second kappa shape index (κ2) is 8.23. The molecule has 1 aliphatic rings. The zero-order valence-corrected chi connectivity index (χ0v) is 15.8. The fourth-order valence-electron chi connectivity index (χ4n) is 3.16. The maximum Gasteiger partial charge on any atom is 0.161 e. The van der Waals surface area contributed by atoms with Crippen LogP contribution in [0.4, 0.5) is 11.6 Å². The summed E-state index contributed by atoms with van der Waals surface area (Å²) in [4.78, 5) is 11.3. The Morgan fingerprint density at radius 3 is 2.46 bits per heavy atom. The summed E-state index contributed by atoms with van der Waals surface area (Å²) in [6.45, 7) is 4.94. The molecule has 0 aliphatic carbocycles. The van der Waals surface area contributed by atoms with Crippen molar-refractivity contribution in [3.8, 4) is 11.5 Å². The average molecular weight is 358 g/mol. The number of benzene rings is 1. The summed E-state index contributed by atoms with van der Waals surface area (Å²) in [6, 6.07) is 6.13. The molecule has 0 radical (unpaired) electrons. The van der Waals surface area contributed by atoms with Crippen molar-refractivity contribution < 1.29 is 14.2 Å². The van der Waals surface area contributed by atoms with Gasteiger partial charge in [-0.1, -0.05) is 0 Å². The summed E-state index contributed by atoms with van der Waals surface area (Å²) in [5, 5.41) is 3.28. The fraction of sp³-hybridized carbons (Fsp3) is 0.474. The molecule has 140 valence electrons. The van der Waals surface area contributed by atoms with Crippen molar-refractivity contribution in [1.82, 2.24) is 9.97 Å². The van der Waals surface area contributed by atoms with Crippen LogP contribution in [-0.4, -0.2) is 51.0 Å². The van der Waals surface area contributed by atoms with E-state index < -0.39 is 0 Å². The number of aromatic nitrogens is 2. The monoisotopic (exact) mass is 358 g/mol. The van der Waals surface area contributed by atoms with Crippen LogP contribution in [0.25, 0.3) is 0 Å². The summed E-state index contributed by atoms with van der Waals surface area (Å²) in [7, 11) is 5.02. The zero-order valence-electron chi connectivity index (χ0n) is 15.8. The number of anilines is 2. The molecule has 1 N–H and O–H groups in total. The number of aryl methyl sites for hydroxylation is 1. The minimum atomic E-state index is 0.636. The van der Waals surface area contributed by atoms with E-state index in [9.17, 15) is 0 Å². The van der Waals surface area contributed by atoms with Gasteiger partial charge in [-0.05, 0) is 36.6 Å². The van der Waals surface area contributed by atoms with Gasteiger partial charge in [-0.2, -0.15) is 0 Å². The summed E-state index contributed by atoms with van der Waals surface area (Å²) >= 11 is 0. The van der Waals surface area contributed by atoms with Crippen molar-refractivity contribution >= 4 is 11.6 Å². The van der Waals surface area contributed by atoms with Crippen LogP contribution in [0, 0.1) is 6.92 Å². The third-order valence-electron chi connectivity index (χ3n) is 4.48. The number of fused-ring (bicyclic) bond motifs is 1. The largest absolute Gasteiger partial charge is 0.493 e. The third kappa shape index (κ3) is 3.99. The van der Waals surface area contributed by atoms with E-state index in [4.69, 9.17) is 14.2 Å². The van der Waals surface area contributed by atoms with Crippen LogP contribution in [0.2, 0.25) is 0 Å². The Balaban J connectivity index is 1.82. The van der Waals surface area contributed by atoms with Crippen LogP contribution in [0.3, 0.4) is 0 Å². The van der Waals surface area contributed by atoms with Crippen LogP contribution >= 0.6 is 0 Å². The highest BCUT2D eigenvalue weighted by Gasteiger charge is 2.21. The van der Waals surface area contributed by atoms with Gasteiger partial charge in [0.15, 0.2) is 11.5 Å². The molecule has 0 bridgehead atoms. The van der Waals surface area contributed by atoms with Crippen molar-refractivity contribution in [3.05, 3.63) is 35.2 Å². The van der Waals surface area contributed by atoms with Crippen molar-refractivity contribution in [2.45, 2.75) is 19.9 Å². The summed E-state index contributed by atoms with van der Waals surface area (Å²) in [5.74, 6) is 4.04. The van der Waals surface area contributed by atoms with Crippen molar-refractivity contribution in [3.63, 3.8) is 0 Å². The molecule has 7 nitrogen and oxygen atoms in total. The SMILES string of the molecule is COCCNc1cc(N2CCc3cc(OC)c(OC)cc3C2)nc(C)n1. The highest BCUT2D eigenvalue weighted by molar-refractivity contribution is 5.54. The van der Waals surface area contributed by atoms with Gasteiger partial charge in [-0.25, -0.2) is 9.97 Å². The number of methoxy groups -OCH3 is 3. The lowest BCUT2D eigenvalue weighted by Crippen LogP contribution is -2.31. The van der Waals surface area contributed by atoms with Crippen LogP contribution in [0.5, 0.6) is 11.5 Å². The Morgan fingerprint density at radius 1 is 1.04 bits per heavy atom. The Bertz CT molecular complexity index is 767. The number of nitrogens with one attached hydrogen (secondary N) is 1. The average Bonchev–Trinajstić information content (AvgIpc) is 2.66. The zero-order chi connectivity index (χ0) is 18.5. The van der Waals surface area contributed by atoms with Crippen molar-refractivity contribution in [1.29, 1.82) is 0 Å². The molecule has 2 aromatic rings. The Morgan fingerprint density at radius 2 is 1.77 bits per heavy atom. The second-order valence-electron chi connectivity index (χ2n) is 6.23. The van der Waals surface area contributed by atoms with E-state index >= 15 is 0 Å². The molecule has 0 spiro atoms. The van der Waals surface area contributed by atoms with Gasteiger partial charge in [0.1, 0.15) is 17.5 Å². The van der Waals surface area contributed by atoms with Gasteiger partial charge in [0.2, 0.25) is 0 Å².